The van der Waals surface area contributed by atoms with Crippen LogP contribution < -0.4 is 10.5 Å². The van der Waals surface area contributed by atoms with Gasteiger partial charge in [-0.25, -0.2) is 4.98 Å². The molecule has 0 unspecified atom stereocenters. The number of ether oxygens (including phenoxy) is 1. The number of nitrogens with zero attached hydrogens (tertiary/aromatic N) is 3. The van der Waals surface area contributed by atoms with Crippen LogP contribution in [0.5, 0.6) is 5.75 Å². The Bertz CT molecular complexity index is 823. The second kappa shape index (κ2) is 6.66. The van der Waals surface area contributed by atoms with Crippen molar-refractivity contribution in [2.24, 2.45) is 5.10 Å². The molecule has 0 aliphatic heterocycles. The summed E-state index contributed by atoms with van der Waals surface area (Å²) in [5, 5.41) is 4.44. The lowest BCUT2D eigenvalue weighted by Crippen LogP contribution is -2.00. The molecule has 3 rings (SSSR count). The van der Waals surface area contributed by atoms with Crippen LogP contribution in [0.3, 0.4) is 0 Å². The molecule has 6 heteroatoms. The number of aromatic nitrogens is 2. The Kier molecular flexibility index (Phi) is 4.43. The molecule has 1 aromatic heterocycles. The Morgan fingerprint density at radius 1 is 1.13 bits per heavy atom. The van der Waals surface area contributed by atoms with Crippen molar-refractivity contribution in [2.45, 2.75) is 0 Å². The normalized spacial score (nSPS) is 11.0. The minimum Gasteiger partial charge on any atom is -0.497 e. The summed E-state index contributed by atoms with van der Waals surface area (Å²) in [7, 11) is 1.64. The Labute approximate surface area is 142 Å². The van der Waals surface area contributed by atoms with Crippen LogP contribution in [-0.2, 0) is 0 Å². The summed E-state index contributed by atoms with van der Waals surface area (Å²) in [5.74, 6) is 1.15. The van der Waals surface area contributed by atoms with Crippen LogP contribution in [0.2, 0.25) is 0 Å². The molecule has 0 saturated carbocycles. The molecule has 0 saturated heterocycles. The molecule has 2 aromatic carbocycles. The van der Waals surface area contributed by atoms with Gasteiger partial charge in [0.15, 0.2) is 0 Å². The first-order chi connectivity index (χ1) is 11.2. The summed E-state index contributed by atoms with van der Waals surface area (Å²) in [6.07, 6.45) is 3.45. The van der Waals surface area contributed by atoms with E-state index in [9.17, 15) is 0 Å². The average molecular weight is 371 g/mol. The lowest BCUT2D eigenvalue weighted by atomic mass is 10.2. The molecular formula is C17H15BrN4O. The van der Waals surface area contributed by atoms with Gasteiger partial charge in [0.25, 0.3) is 0 Å². The van der Waals surface area contributed by atoms with E-state index in [1.165, 1.54) is 0 Å². The molecule has 5 nitrogen and oxygen atoms in total. The molecule has 1 heterocycles. The summed E-state index contributed by atoms with van der Waals surface area (Å²) in [4.78, 5) is 4.15. The van der Waals surface area contributed by atoms with Gasteiger partial charge < -0.3 is 10.5 Å². The fraction of sp³-hybridized carbons (Fsp3) is 0.0588. The van der Waals surface area contributed by atoms with Crippen molar-refractivity contribution in [1.29, 1.82) is 0 Å². The van der Waals surface area contributed by atoms with Gasteiger partial charge in [-0.2, -0.15) is 9.78 Å². The number of benzene rings is 2. The van der Waals surface area contributed by atoms with Crippen LogP contribution in [-0.4, -0.2) is 23.0 Å². The zero-order valence-electron chi connectivity index (χ0n) is 12.5. The molecule has 2 N–H and O–H groups in total. The summed E-state index contributed by atoms with van der Waals surface area (Å²) in [5.41, 5.74) is 8.70. The van der Waals surface area contributed by atoms with Gasteiger partial charge in [-0.1, -0.05) is 28.1 Å². The smallest absolute Gasteiger partial charge is 0.221 e. The summed E-state index contributed by atoms with van der Waals surface area (Å²) in [6, 6.07) is 15.5. The van der Waals surface area contributed by atoms with Crippen molar-refractivity contribution in [1.82, 2.24) is 9.66 Å². The summed E-state index contributed by atoms with van der Waals surface area (Å²) in [6.45, 7) is 0. The number of nitrogen functional groups attached to an aromatic ring is 1. The van der Waals surface area contributed by atoms with E-state index in [2.05, 4.69) is 26.0 Å². The van der Waals surface area contributed by atoms with Crippen LogP contribution >= 0.6 is 15.9 Å². The SMILES string of the molecule is COc1ccc(C=Nn2c(-c3ccc(Br)cc3)cnc2N)cc1. The molecule has 0 atom stereocenters. The predicted octanol–water partition coefficient (Wildman–Crippen LogP) is 3.79. The van der Waals surface area contributed by atoms with Crippen LogP contribution in [0.4, 0.5) is 5.95 Å². The molecule has 0 aliphatic carbocycles. The van der Waals surface area contributed by atoms with Crippen molar-refractivity contribution in [2.75, 3.05) is 12.8 Å². The first-order valence-electron chi connectivity index (χ1n) is 6.95. The molecule has 0 radical (unpaired) electrons. The second-order valence-corrected chi connectivity index (χ2v) is 5.75. The molecule has 0 aliphatic rings. The number of anilines is 1. The number of hydrogen-bond acceptors (Lipinski definition) is 4. The summed E-state index contributed by atoms with van der Waals surface area (Å²) >= 11 is 3.43. The number of methoxy groups -OCH3 is 1. The molecular weight excluding hydrogens is 356 g/mol. The Hall–Kier alpha value is -2.60. The first kappa shape index (κ1) is 15.3. The number of halogens is 1. The molecule has 0 fully saturated rings. The molecule has 0 spiro atoms. The molecule has 0 bridgehead atoms. The van der Waals surface area contributed by atoms with Gasteiger partial charge in [-0.05, 0) is 42.0 Å². The van der Waals surface area contributed by atoms with Crippen molar-refractivity contribution >= 4 is 28.1 Å². The van der Waals surface area contributed by atoms with Gasteiger partial charge in [0, 0.05) is 10.0 Å². The minimum absolute atomic E-state index is 0.340. The van der Waals surface area contributed by atoms with Crippen molar-refractivity contribution in [3.05, 3.63) is 64.8 Å². The predicted molar refractivity (Wildman–Crippen MR) is 95.8 cm³/mol. The number of nitrogens with two attached hydrogens (primary N) is 1. The highest BCUT2D eigenvalue weighted by atomic mass is 79.9. The van der Waals surface area contributed by atoms with Crippen molar-refractivity contribution < 1.29 is 4.74 Å². The van der Waals surface area contributed by atoms with Gasteiger partial charge >= 0.3 is 0 Å². The monoisotopic (exact) mass is 370 g/mol. The third-order valence-electron chi connectivity index (χ3n) is 3.34. The summed E-state index contributed by atoms with van der Waals surface area (Å²) < 4.78 is 7.78. The third-order valence-corrected chi connectivity index (χ3v) is 3.87. The van der Waals surface area contributed by atoms with E-state index in [4.69, 9.17) is 10.5 Å². The molecule has 116 valence electrons. The lowest BCUT2D eigenvalue weighted by molar-refractivity contribution is 0.415. The topological polar surface area (TPSA) is 65.4 Å². The number of hydrogen-bond donors (Lipinski definition) is 1. The van der Waals surface area contributed by atoms with Crippen molar-refractivity contribution in [3.63, 3.8) is 0 Å². The van der Waals surface area contributed by atoms with Gasteiger partial charge in [0.1, 0.15) is 5.75 Å². The van der Waals surface area contributed by atoms with Crippen molar-refractivity contribution in [3.8, 4) is 17.0 Å². The van der Waals surface area contributed by atoms with E-state index >= 15 is 0 Å². The molecule has 23 heavy (non-hydrogen) atoms. The molecule has 0 amide bonds. The maximum atomic E-state index is 5.93. The van der Waals surface area contributed by atoms with E-state index in [0.29, 0.717) is 5.95 Å². The van der Waals surface area contributed by atoms with E-state index < -0.39 is 0 Å². The van der Waals surface area contributed by atoms with Gasteiger partial charge in [0.2, 0.25) is 5.95 Å². The maximum absolute atomic E-state index is 5.93. The number of rotatable bonds is 4. The highest BCUT2D eigenvalue weighted by Crippen LogP contribution is 2.23. The maximum Gasteiger partial charge on any atom is 0.221 e. The van der Waals surface area contributed by atoms with Crippen LogP contribution in [0, 0.1) is 0 Å². The highest BCUT2D eigenvalue weighted by molar-refractivity contribution is 9.10. The minimum atomic E-state index is 0.340. The standard InChI is InChI=1S/C17H15BrN4O/c1-23-15-8-2-12(3-9-15)10-21-22-16(11-20-17(22)19)13-4-6-14(18)7-5-13/h2-11H,1H3,(H2,19,20). The van der Waals surface area contributed by atoms with Gasteiger partial charge in [-0.3, -0.25) is 0 Å². The van der Waals surface area contributed by atoms with Crippen LogP contribution in [0.15, 0.2) is 64.3 Å². The second-order valence-electron chi connectivity index (χ2n) is 4.84. The Morgan fingerprint density at radius 2 is 1.83 bits per heavy atom. The van der Waals surface area contributed by atoms with E-state index in [-0.39, 0.29) is 0 Å². The first-order valence-corrected chi connectivity index (χ1v) is 7.74. The fourth-order valence-corrected chi connectivity index (χ4v) is 2.38. The largest absolute Gasteiger partial charge is 0.497 e. The van der Waals surface area contributed by atoms with Crippen LogP contribution in [0.25, 0.3) is 11.3 Å². The van der Waals surface area contributed by atoms with Gasteiger partial charge in [-0.15, -0.1) is 0 Å². The highest BCUT2D eigenvalue weighted by Gasteiger charge is 2.08. The van der Waals surface area contributed by atoms with E-state index in [1.54, 1.807) is 24.2 Å². The Morgan fingerprint density at radius 3 is 2.48 bits per heavy atom. The Balaban J connectivity index is 1.91. The number of imidazole rings is 1. The van der Waals surface area contributed by atoms with Crippen LogP contribution in [0.1, 0.15) is 5.56 Å². The average Bonchev–Trinajstić information content (AvgIpc) is 2.95. The zero-order valence-corrected chi connectivity index (χ0v) is 14.1. The van der Waals surface area contributed by atoms with E-state index in [1.807, 2.05) is 48.5 Å². The quantitative estimate of drug-likeness (QED) is 0.710. The van der Waals surface area contributed by atoms with Gasteiger partial charge in [0.05, 0.1) is 25.2 Å². The fourth-order valence-electron chi connectivity index (χ4n) is 2.11. The third kappa shape index (κ3) is 3.43. The molecule has 3 aromatic rings. The van der Waals surface area contributed by atoms with E-state index in [0.717, 1.165) is 27.0 Å². The zero-order chi connectivity index (χ0) is 16.2. The lowest BCUT2D eigenvalue weighted by Gasteiger charge is -2.04.